The Morgan fingerprint density at radius 2 is 1.39 bits per heavy atom. The number of ether oxygens (including phenoxy) is 2. The number of fused-ring (bicyclic) bond motifs is 2. The smallest absolute Gasteiger partial charge is 0.200 e. The number of hydrogen-bond acceptors (Lipinski definition) is 4. The van der Waals surface area contributed by atoms with E-state index in [1.807, 2.05) is 0 Å². The summed E-state index contributed by atoms with van der Waals surface area (Å²) in [6.45, 7) is 6.75. The van der Waals surface area contributed by atoms with E-state index in [2.05, 4.69) is 107 Å². The van der Waals surface area contributed by atoms with Crippen molar-refractivity contribution in [3.05, 3.63) is 102 Å². The molecule has 0 radical (unpaired) electrons. The zero-order valence-corrected chi connectivity index (χ0v) is 22.6. The second kappa shape index (κ2) is 9.95. The third kappa shape index (κ3) is 3.91. The van der Waals surface area contributed by atoms with Crippen LogP contribution in [-0.4, -0.2) is 76.7 Å². The van der Waals surface area contributed by atoms with E-state index >= 15 is 0 Å². The molecule has 3 heterocycles. The molecule has 3 aromatic rings. The fourth-order valence-electron chi connectivity index (χ4n) is 6.32. The lowest BCUT2D eigenvalue weighted by molar-refractivity contribution is -0.547. The lowest BCUT2D eigenvalue weighted by Gasteiger charge is -2.41. The summed E-state index contributed by atoms with van der Waals surface area (Å²) in [7, 11) is -2.68. The molecule has 0 saturated carbocycles. The van der Waals surface area contributed by atoms with Crippen molar-refractivity contribution in [2.45, 2.75) is 0 Å². The molecule has 38 heavy (non-hydrogen) atoms. The molecule has 3 aromatic carbocycles. The van der Waals surface area contributed by atoms with E-state index in [1.54, 1.807) is 0 Å². The molecule has 0 amide bonds. The van der Waals surface area contributed by atoms with Crippen LogP contribution < -0.4 is 20.5 Å². The Kier molecular flexibility index (Phi) is 6.16. The monoisotopic (exact) mass is 518 g/mol. The van der Waals surface area contributed by atoms with Crippen LogP contribution in [0.3, 0.4) is 0 Å². The average molecular weight is 519 g/mol. The van der Waals surface area contributed by atoms with Crippen LogP contribution in [0.2, 0.25) is 0 Å². The van der Waals surface area contributed by atoms with Gasteiger partial charge in [0.25, 0.3) is 0 Å². The molecular weight excluding hydrogens is 486 g/mol. The van der Waals surface area contributed by atoms with Crippen LogP contribution in [0.4, 0.5) is 11.4 Å². The third-order valence-electron chi connectivity index (χ3n) is 8.18. The van der Waals surface area contributed by atoms with Crippen molar-refractivity contribution in [1.82, 2.24) is 0 Å². The summed E-state index contributed by atoms with van der Waals surface area (Å²) in [6.07, 6.45) is 6.93. The van der Waals surface area contributed by atoms with Crippen LogP contribution in [0.25, 0.3) is 0 Å². The van der Waals surface area contributed by atoms with Crippen molar-refractivity contribution >= 4 is 46.4 Å². The summed E-state index contributed by atoms with van der Waals surface area (Å²) < 4.78 is 13.8. The maximum Gasteiger partial charge on any atom is 0.200 e. The number of rotatable bonds is 3. The minimum Gasteiger partial charge on any atom is -0.378 e. The molecule has 0 unspecified atom stereocenters. The maximum atomic E-state index is 5.67. The van der Waals surface area contributed by atoms with Crippen molar-refractivity contribution in [2.75, 3.05) is 57.5 Å². The highest BCUT2D eigenvalue weighted by Gasteiger charge is 2.49. The predicted molar refractivity (Wildman–Crippen MR) is 157 cm³/mol. The van der Waals surface area contributed by atoms with Gasteiger partial charge in [0.05, 0.1) is 24.6 Å². The highest BCUT2D eigenvalue weighted by molar-refractivity contribution is 7.19. The van der Waals surface area contributed by atoms with Crippen LogP contribution in [0.5, 0.6) is 0 Å². The third-order valence-corrected chi connectivity index (χ3v) is 13.0. The molecule has 1 aliphatic carbocycles. The topological polar surface area (TPSA) is 37.1 Å². The zero-order valence-electron chi connectivity index (χ0n) is 21.6. The van der Waals surface area contributed by atoms with Crippen LogP contribution in [-0.2, 0) is 9.47 Å². The van der Waals surface area contributed by atoms with Crippen LogP contribution in [0.1, 0.15) is 0 Å². The number of allylic oxidation sites excluding steroid dienone is 4. The molecule has 0 N–H and O–H groups in total. The Morgan fingerprint density at radius 3 is 2.08 bits per heavy atom. The van der Waals surface area contributed by atoms with Crippen LogP contribution >= 0.6 is 0 Å². The highest BCUT2D eigenvalue weighted by atomic mass is 28.3. The molecule has 4 aliphatic rings. The van der Waals surface area contributed by atoms with Gasteiger partial charge >= 0.3 is 0 Å². The molecule has 2 saturated heterocycles. The Labute approximate surface area is 225 Å². The fraction of sp³-hybridized carbons (Fsp3) is 0.250. The molecule has 7 rings (SSSR count). The van der Waals surface area contributed by atoms with Crippen molar-refractivity contribution in [1.29, 1.82) is 0 Å². The van der Waals surface area contributed by atoms with Gasteiger partial charge in [0.1, 0.15) is 13.2 Å². The van der Waals surface area contributed by atoms with Gasteiger partial charge in [0.2, 0.25) is 0 Å². The molecule has 2 fully saturated rings. The summed E-state index contributed by atoms with van der Waals surface area (Å²) in [6, 6.07) is 29.3. The van der Waals surface area contributed by atoms with Crippen molar-refractivity contribution < 1.29 is 14.0 Å². The Balaban J connectivity index is 1.53. The molecule has 6 heteroatoms. The molecule has 0 atom stereocenters. The summed E-state index contributed by atoms with van der Waals surface area (Å²) in [5, 5.41) is 5.51. The van der Waals surface area contributed by atoms with Crippen LogP contribution in [0, 0.1) is 0 Å². The first-order chi connectivity index (χ1) is 18.8. The second-order valence-electron chi connectivity index (χ2n) is 10.2. The Morgan fingerprint density at radius 1 is 0.737 bits per heavy atom. The number of morpholine rings is 2. The van der Waals surface area contributed by atoms with E-state index in [-0.39, 0.29) is 0 Å². The van der Waals surface area contributed by atoms with Crippen molar-refractivity contribution in [3.63, 3.8) is 0 Å². The van der Waals surface area contributed by atoms with Crippen molar-refractivity contribution in [3.8, 4) is 0 Å². The maximum absolute atomic E-state index is 5.67. The van der Waals surface area contributed by atoms with E-state index in [4.69, 9.17) is 14.5 Å². The van der Waals surface area contributed by atoms with E-state index in [0.717, 1.165) is 64.0 Å². The highest BCUT2D eigenvalue weighted by Crippen LogP contribution is 2.33. The second-order valence-corrected chi connectivity index (χ2v) is 13.9. The molecule has 0 spiro atoms. The van der Waals surface area contributed by atoms with Gasteiger partial charge in [-0.15, -0.1) is 0 Å². The SMILES string of the molecule is C1=CC(=[N+]2CCOCC2)C=C2C1=Nc1ccc(N3CCOCC3)cc1[Si]2(c1ccccc1)c1ccccc1. The normalized spacial score (nSPS) is 20.4. The van der Waals surface area contributed by atoms with Gasteiger partial charge in [-0.3, -0.25) is 0 Å². The molecule has 190 valence electrons. The van der Waals surface area contributed by atoms with Crippen LogP contribution in [0.15, 0.2) is 107 Å². The van der Waals surface area contributed by atoms with Gasteiger partial charge in [0.15, 0.2) is 26.9 Å². The van der Waals surface area contributed by atoms with Gasteiger partial charge in [-0.2, -0.15) is 0 Å². The summed E-state index contributed by atoms with van der Waals surface area (Å²) in [5.74, 6) is 0. The largest absolute Gasteiger partial charge is 0.378 e. The van der Waals surface area contributed by atoms with Gasteiger partial charge in [-0.1, -0.05) is 60.7 Å². The number of hydrogen-bond donors (Lipinski definition) is 0. The minimum absolute atomic E-state index is 0.771. The van der Waals surface area contributed by atoms with Gasteiger partial charge < -0.3 is 14.4 Å². The fourth-order valence-corrected chi connectivity index (χ4v) is 11.3. The summed E-state index contributed by atoms with van der Waals surface area (Å²) >= 11 is 0. The van der Waals surface area contributed by atoms with Crippen molar-refractivity contribution in [2.24, 2.45) is 4.99 Å². The standard InChI is InChI=1S/C32H32N3O2Si/c1-3-7-27(8-4-1)38(28-9-5-2-6-10-28)31-23-25(34-15-19-36-20-16-34)11-13-29(31)33-30-14-12-26(24-32(30)38)35-17-21-37-22-18-35/h1-14,23-24H,15-22H2/q+1. The van der Waals surface area contributed by atoms with E-state index in [9.17, 15) is 0 Å². The zero-order chi connectivity index (χ0) is 25.4. The number of aliphatic imine (C=N–C) groups is 1. The number of nitrogens with zero attached hydrogens (tertiary/aromatic N) is 3. The van der Waals surface area contributed by atoms with Gasteiger partial charge in [0, 0.05) is 30.9 Å². The molecular formula is C32H32N3O2Si+. The summed E-state index contributed by atoms with van der Waals surface area (Å²) in [4.78, 5) is 7.73. The van der Waals surface area contributed by atoms with E-state index in [0.29, 0.717) is 0 Å². The van der Waals surface area contributed by atoms with Gasteiger partial charge in [-0.25, -0.2) is 9.57 Å². The molecule has 0 bridgehead atoms. The average Bonchev–Trinajstić information content (AvgIpc) is 3.01. The first-order valence-corrected chi connectivity index (χ1v) is 15.6. The first kappa shape index (κ1) is 23.5. The minimum atomic E-state index is -2.68. The van der Waals surface area contributed by atoms with Gasteiger partial charge in [-0.05, 0) is 45.0 Å². The van der Waals surface area contributed by atoms with E-state index in [1.165, 1.54) is 32.2 Å². The quantitative estimate of drug-likeness (QED) is 0.304. The molecule has 3 aliphatic heterocycles. The predicted octanol–water partition coefficient (Wildman–Crippen LogP) is 2.60. The Bertz CT molecular complexity index is 1420. The summed E-state index contributed by atoms with van der Waals surface area (Å²) in [5.41, 5.74) is 4.71. The number of benzene rings is 3. The lowest BCUT2D eigenvalue weighted by atomic mass is 10.1. The molecule has 5 nitrogen and oxygen atoms in total. The Hall–Kier alpha value is -3.58. The first-order valence-electron chi connectivity index (χ1n) is 13.6. The molecule has 0 aromatic heterocycles. The lowest BCUT2D eigenvalue weighted by Crippen LogP contribution is -2.71. The van der Waals surface area contributed by atoms with E-state index < -0.39 is 8.07 Å². The number of anilines is 1.